The van der Waals surface area contributed by atoms with E-state index in [1.165, 1.54) is 0 Å². The van der Waals surface area contributed by atoms with Gasteiger partial charge >= 0.3 is 0 Å². The van der Waals surface area contributed by atoms with Gasteiger partial charge in [-0.1, -0.05) is 44.2 Å². The molecule has 0 aliphatic heterocycles. The number of likely N-dealkylation sites (N-methyl/N-ethyl adjacent to an activating group) is 1. The van der Waals surface area contributed by atoms with Gasteiger partial charge in [0.15, 0.2) is 0 Å². The van der Waals surface area contributed by atoms with Crippen molar-refractivity contribution in [1.82, 2.24) is 0 Å². The molecule has 0 heterocycles. The van der Waals surface area contributed by atoms with Gasteiger partial charge in [0, 0.05) is 5.92 Å². The first-order chi connectivity index (χ1) is 9.84. The highest BCUT2D eigenvalue weighted by molar-refractivity contribution is 5.31. The first kappa shape index (κ1) is 16.3. The molecular weight excluding hydrogens is 266 g/mol. The van der Waals surface area contributed by atoms with Gasteiger partial charge in [-0.05, 0) is 17.7 Å². The summed E-state index contributed by atoms with van der Waals surface area (Å²) in [5, 5.41) is 23.5. The highest BCUT2D eigenvalue weighted by atomic mass is 16.5. The molecule has 0 radical (unpaired) electrons. The number of ether oxygens (including phenoxy) is 1. The Morgan fingerprint density at radius 2 is 1.76 bits per heavy atom. The molecule has 0 unspecified atom stereocenters. The Hall–Kier alpha value is -1.10. The average molecular weight is 293 g/mol. The molecule has 4 nitrogen and oxygen atoms in total. The van der Waals surface area contributed by atoms with Gasteiger partial charge in [0.25, 0.3) is 0 Å². The lowest BCUT2D eigenvalue weighted by atomic mass is 9.72. The lowest BCUT2D eigenvalue weighted by molar-refractivity contribution is -1.07. The van der Waals surface area contributed by atoms with Crippen LogP contribution in [0, 0.1) is 0 Å². The molecule has 1 aliphatic rings. The highest BCUT2D eigenvalue weighted by Gasteiger charge is 2.35. The van der Waals surface area contributed by atoms with E-state index in [2.05, 4.69) is 0 Å². The standard InChI is InChI=1S/C17H27NO3/c1-18(2,20)13-16(17(19)11-5-4-6-12-17)14-7-9-15(21-3)10-8-14/h7-10,16,20H,4-6,11-13H2,1-3H3/t16-/m0/s1. The van der Waals surface area contributed by atoms with Crippen LogP contribution in [0.1, 0.15) is 43.6 Å². The van der Waals surface area contributed by atoms with Crippen molar-refractivity contribution in [3.8, 4) is 5.75 Å². The molecule has 2 rings (SSSR count). The molecule has 118 valence electrons. The fourth-order valence-corrected chi connectivity index (χ4v) is 3.36. The van der Waals surface area contributed by atoms with E-state index < -0.39 is 5.60 Å². The van der Waals surface area contributed by atoms with Crippen molar-refractivity contribution >= 4 is 0 Å². The summed E-state index contributed by atoms with van der Waals surface area (Å²) < 4.78 is 5.01. The predicted molar refractivity (Wildman–Crippen MR) is 80.3 cm³/mol. The largest absolute Gasteiger partial charge is 0.849 e. The van der Waals surface area contributed by atoms with E-state index in [-0.39, 0.29) is 10.6 Å². The summed E-state index contributed by atoms with van der Waals surface area (Å²) >= 11 is 0. The lowest BCUT2D eigenvalue weighted by Gasteiger charge is -2.51. The fourth-order valence-electron chi connectivity index (χ4n) is 3.36. The SMILES string of the molecule is COc1ccc([C@H](C[N+](C)(C)O)C2([O-])CCCCC2)cc1. The second-order valence-electron chi connectivity index (χ2n) is 6.75. The van der Waals surface area contributed by atoms with Crippen molar-refractivity contribution in [2.24, 2.45) is 0 Å². The van der Waals surface area contributed by atoms with Gasteiger partial charge in [-0.3, -0.25) is 0 Å². The molecule has 0 saturated heterocycles. The Labute approximate surface area is 127 Å². The normalized spacial score (nSPS) is 20.0. The number of rotatable bonds is 5. The van der Waals surface area contributed by atoms with Crippen LogP contribution in [0.3, 0.4) is 0 Å². The summed E-state index contributed by atoms with van der Waals surface area (Å²) in [7, 11) is 5.09. The maximum atomic E-state index is 13.3. The predicted octanol–water partition coefficient (Wildman–Crippen LogP) is 2.31. The Kier molecular flexibility index (Phi) is 4.91. The maximum absolute atomic E-state index is 13.3. The van der Waals surface area contributed by atoms with Gasteiger partial charge in [0.05, 0.1) is 21.2 Å². The van der Waals surface area contributed by atoms with Crippen molar-refractivity contribution in [1.29, 1.82) is 0 Å². The Balaban J connectivity index is 2.30. The zero-order valence-corrected chi connectivity index (χ0v) is 13.3. The highest BCUT2D eigenvalue weighted by Crippen LogP contribution is 2.39. The number of benzene rings is 1. The summed E-state index contributed by atoms with van der Waals surface area (Å²) in [6.07, 6.45) is 4.54. The third-order valence-electron chi connectivity index (χ3n) is 4.48. The van der Waals surface area contributed by atoms with Crippen LogP contribution >= 0.6 is 0 Å². The topological polar surface area (TPSA) is 52.5 Å². The Morgan fingerprint density at radius 1 is 1.19 bits per heavy atom. The smallest absolute Gasteiger partial charge is 0.118 e. The Bertz CT molecular complexity index is 444. The number of quaternary nitrogens is 1. The van der Waals surface area contributed by atoms with Crippen molar-refractivity contribution in [2.45, 2.75) is 43.6 Å². The van der Waals surface area contributed by atoms with Crippen LogP contribution in [0.4, 0.5) is 0 Å². The van der Waals surface area contributed by atoms with Crippen molar-refractivity contribution < 1.29 is 19.7 Å². The van der Waals surface area contributed by atoms with E-state index >= 15 is 0 Å². The van der Waals surface area contributed by atoms with Crippen LogP contribution in [0.25, 0.3) is 0 Å². The van der Waals surface area contributed by atoms with E-state index in [1.54, 1.807) is 21.2 Å². The fraction of sp³-hybridized carbons (Fsp3) is 0.647. The quantitative estimate of drug-likeness (QED) is 0.669. The Morgan fingerprint density at radius 3 is 2.24 bits per heavy atom. The molecule has 0 amide bonds. The molecule has 21 heavy (non-hydrogen) atoms. The molecule has 1 fully saturated rings. The van der Waals surface area contributed by atoms with Crippen molar-refractivity contribution in [2.75, 3.05) is 27.7 Å². The molecule has 4 heteroatoms. The molecule has 1 aromatic carbocycles. The van der Waals surface area contributed by atoms with Gasteiger partial charge < -0.3 is 9.84 Å². The van der Waals surface area contributed by atoms with Crippen LogP contribution in [-0.2, 0) is 0 Å². The van der Waals surface area contributed by atoms with E-state index in [4.69, 9.17) is 4.74 Å². The van der Waals surface area contributed by atoms with E-state index in [9.17, 15) is 10.3 Å². The molecule has 0 spiro atoms. The first-order valence-electron chi connectivity index (χ1n) is 7.74. The summed E-state index contributed by atoms with van der Waals surface area (Å²) in [6, 6.07) is 7.72. The van der Waals surface area contributed by atoms with Crippen molar-refractivity contribution in [3.63, 3.8) is 0 Å². The van der Waals surface area contributed by atoms with Crippen molar-refractivity contribution in [3.05, 3.63) is 29.8 Å². The third kappa shape index (κ3) is 4.19. The molecule has 0 aromatic heterocycles. The molecule has 1 aromatic rings. The van der Waals surface area contributed by atoms with Crippen LogP contribution in [0.5, 0.6) is 5.75 Å². The summed E-state index contributed by atoms with van der Waals surface area (Å²) in [5.41, 5.74) is 0.0402. The monoisotopic (exact) mass is 293 g/mol. The minimum Gasteiger partial charge on any atom is -0.849 e. The van der Waals surface area contributed by atoms with Gasteiger partial charge in [-0.25, -0.2) is 5.21 Å². The van der Waals surface area contributed by atoms with Crippen LogP contribution < -0.4 is 9.84 Å². The maximum Gasteiger partial charge on any atom is 0.118 e. The van der Waals surface area contributed by atoms with E-state index in [1.807, 2.05) is 24.3 Å². The second kappa shape index (κ2) is 6.34. The minimum atomic E-state index is -0.967. The van der Waals surface area contributed by atoms with Crippen LogP contribution in [0.15, 0.2) is 24.3 Å². The zero-order chi connectivity index (χ0) is 15.5. The second-order valence-corrected chi connectivity index (χ2v) is 6.75. The van der Waals surface area contributed by atoms with Gasteiger partial charge in [0.2, 0.25) is 0 Å². The molecule has 1 atom stereocenters. The van der Waals surface area contributed by atoms with E-state index in [0.29, 0.717) is 19.4 Å². The number of nitrogens with zero attached hydrogens (tertiary/aromatic N) is 1. The summed E-state index contributed by atoms with van der Waals surface area (Å²) in [6.45, 7) is 0.440. The number of methoxy groups -OCH3 is 1. The molecule has 1 saturated carbocycles. The zero-order valence-electron chi connectivity index (χ0n) is 13.3. The molecule has 1 aliphatic carbocycles. The van der Waals surface area contributed by atoms with Gasteiger partial charge in [-0.15, -0.1) is 5.60 Å². The van der Waals surface area contributed by atoms with Gasteiger partial charge in [-0.2, -0.15) is 4.65 Å². The van der Waals surface area contributed by atoms with E-state index in [0.717, 1.165) is 30.6 Å². The summed E-state index contributed by atoms with van der Waals surface area (Å²) in [5.74, 6) is 0.613. The number of hydroxylamine groups is 3. The summed E-state index contributed by atoms with van der Waals surface area (Å²) in [4.78, 5) is 0. The molecule has 0 bridgehead atoms. The third-order valence-corrected chi connectivity index (χ3v) is 4.48. The molecular formula is C17H27NO3. The number of hydrogen-bond donors (Lipinski definition) is 1. The first-order valence-corrected chi connectivity index (χ1v) is 7.74. The lowest BCUT2D eigenvalue weighted by Crippen LogP contribution is -2.55. The van der Waals surface area contributed by atoms with Crippen LogP contribution in [0.2, 0.25) is 0 Å². The minimum absolute atomic E-state index is 0.177. The number of hydrogen-bond acceptors (Lipinski definition) is 3. The average Bonchev–Trinajstić information content (AvgIpc) is 2.45. The van der Waals surface area contributed by atoms with Gasteiger partial charge in [0.1, 0.15) is 12.3 Å². The van der Waals surface area contributed by atoms with Crippen LogP contribution in [-0.4, -0.2) is 43.2 Å². The molecule has 1 N–H and O–H groups in total.